The van der Waals surface area contributed by atoms with Gasteiger partial charge in [-0.25, -0.2) is 4.90 Å². The Morgan fingerprint density at radius 1 is 1.14 bits per heavy atom. The van der Waals surface area contributed by atoms with Gasteiger partial charge in [0.25, 0.3) is 6.29 Å². The van der Waals surface area contributed by atoms with Crippen molar-refractivity contribution in [2.45, 2.75) is 31.8 Å². The molecular weight excluding hydrogens is 386 g/mol. The number of amides is 2. The fraction of sp³-hybridized carbons (Fsp3) is 0.444. The second-order valence-electron chi connectivity index (χ2n) is 6.80. The summed E-state index contributed by atoms with van der Waals surface area (Å²) in [6.07, 6.45) is 0.841. The summed E-state index contributed by atoms with van der Waals surface area (Å²) in [4.78, 5) is 50.3. The number of hydrogen-bond donors (Lipinski definition) is 0. The highest BCUT2D eigenvalue weighted by atomic mass is 16.7. The number of esters is 2. The van der Waals surface area contributed by atoms with Crippen molar-refractivity contribution < 1.29 is 38.1 Å². The number of rotatable bonds is 5. The van der Waals surface area contributed by atoms with Crippen molar-refractivity contribution in [2.75, 3.05) is 12.0 Å². The van der Waals surface area contributed by atoms with E-state index in [1.807, 2.05) is 0 Å². The summed E-state index contributed by atoms with van der Waals surface area (Å²) in [6, 6.07) is 2.90. The van der Waals surface area contributed by atoms with Crippen molar-refractivity contribution >= 4 is 29.6 Å². The largest absolute Gasteiger partial charge is 0.480 e. The Morgan fingerprint density at radius 2 is 1.83 bits per heavy atom. The Bertz CT molecular complexity index is 914. The molecule has 2 bridgehead atoms. The van der Waals surface area contributed by atoms with Crippen LogP contribution in [0.25, 0.3) is 0 Å². The lowest BCUT2D eigenvalue weighted by molar-refractivity contribution is -0.226. The molecule has 4 atom stereocenters. The molecular formula is C18H17N3O8. The lowest BCUT2D eigenvalue weighted by atomic mass is 9.76. The average molecular weight is 403 g/mol. The second kappa shape index (κ2) is 6.62. The van der Waals surface area contributed by atoms with Gasteiger partial charge in [0.1, 0.15) is 0 Å². The minimum atomic E-state index is -1.60. The van der Waals surface area contributed by atoms with Gasteiger partial charge in [-0.3, -0.25) is 19.2 Å². The van der Waals surface area contributed by atoms with Gasteiger partial charge in [-0.2, -0.15) is 0 Å². The molecule has 0 spiro atoms. The number of methoxy groups -OCH3 is 1. The molecule has 4 rings (SSSR count). The van der Waals surface area contributed by atoms with Gasteiger partial charge < -0.3 is 18.9 Å². The van der Waals surface area contributed by atoms with E-state index in [0.29, 0.717) is 0 Å². The Labute approximate surface area is 164 Å². The van der Waals surface area contributed by atoms with Gasteiger partial charge in [0.15, 0.2) is 11.4 Å². The predicted octanol–water partition coefficient (Wildman–Crippen LogP) is -0.250. The lowest BCUT2D eigenvalue weighted by Gasteiger charge is -2.34. The van der Waals surface area contributed by atoms with Crippen LogP contribution in [0.3, 0.4) is 0 Å². The molecule has 0 saturated carbocycles. The smallest absolute Gasteiger partial charge is 0.305 e. The maximum Gasteiger partial charge on any atom is 0.305 e. The first-order valence-corrected chi connectivity index (χ1v) is 8.75. The number of nitrogens with zero attached hydrogens (tertiary/aromatic N) is 3. The van der Waals surface area contributed by atoms with Crippen LogP contribution >= 0.6 is 0 Å². The monoisotopic (exact) mass is 403 g/mol. The van der Waals surface area contributed by atoms with E-state index in [1.54, 1.807) is 6.08 Å². The van der Waals surface area contributed by atoms with Crippen molar-refractivity contribution in [3.8, 4) is 5.88 Å². The maximum atomic E-state index is 13.2. The average Bonchev–Trinajstić information content (AvgIpc) is 3.32. The number of hydrogen-bond acceptors (Lipinski definition) is 10. The second-order valence-corrected chi connectivity index (χ2v) is 6.80. The molecule has 152 valence electrons. The lowest BCUT2D eigenvalue weighted by Crippen LogP contribution is -2.52. The summed E-state index contributed by atoms with van der Waals surface area (Å²) in [5.74, 6) is -4.28. The minimum Gasteiger partial charge on any atom is -0.480 e. The summed E-state index contributed by atoms with van der Waals surface area (Å²) in [7, 11) is 1.41. The first-order valence-electron chi connectivity index (χ1n) is 8.75. The van der Waals surface area contributed by atoms with Gasteiger partial charge in [0, 0.05) is 19.9 Å². The van der Waals surface area contributed by atoms with Crippen molar-refractivity contribution in [1.82, 2.24) is 10.2 Å². The van der Waals surface area contributed by atoms with Gasteiger partial charge in [-0.05, 0) is 12.1 Å². The molecule has 0 N–H and O–H groups in total. The zero-order chi connectivity index (χ0) is 20.9. The van der Waals surface area contributed by atoms with E-state index in [-0.39, 0.29) is 11.7 Å². The summed E-state index contributed by atoms with van der Waals surface area (Å²) in [6.45, 7) is 2.27. The summed E-state index contributed by atoms with van der Waals surface area (Å²) in [5.41, 5.74) is -1.60. The highest BCUT2D eigenvalue weighted by Gasteiger charge is 2.72. The SMILES string of the molecule is COc1ccc(N2C(=O)[C@H]3[C@@H](C2=O)[C@@]2(C(OC(C)=O)OC(C)=O)C=C[C@H]3O2)nn1. The van der Waals surface area contributed by atoms with Crippen molar-refractivity contribution in [1.29, 1.82) is 0 Å². The first kappa shape index (κ1) is 19.0. The zero-order valence-electron chi connectivity index (χ0n) is 15.7. The number of ether oxygens (including phenoxy) is 4. The highest BCUT2D eigenvalue weighted by Crippen LogP contribution is 2.54. The number of anilines is 1. The molecule has 4 heterocycles. The van der Waals surface area contributed by atoms with Crippen molar-refractivity contribution in [3.05, 3.63) is 24.3 Å². The van der Waals surface area contributed by atoms with E-state index in [0.717, 1.165) is 18.7 Å². The molecule has 3 aliphatic rings. The standard InChI is InChI=1S/C18H17N3O8/c1-8(22)27-17(28-9(2)23)18-7-6-10(29-18)13-14(18)16(25)21(15(13)24)11-4-5-12(26-3)20-19-11/h4-7,10,13-14,17H,1-3H3/t10-,13-,14+,18-/m1/s1. The highest BCUT2D eigenvalue weighted by molar-refractivity contribution is 6.22. The molecule has 0 aromatic carbocycles. The van der Waals surface area contributed by atoms with E-state index in [2.05, 4.69) is 10.2 Å². The van der Waals surface area contributed by atoms with Crippen LogP contribution in [-0.2, 0) is 33.4 Å². The Balaban J connectivity index is 1.72. The van der Waals surface area contributed by atoms with E-state index in [9.17, 15) is 19.2 Å². The number of carbonyl (C=O) groups is 4. The third-order valence-corrected chi connectivity index (χ3v) is 5.06. The molecule has 2 amide bonds. The fourth-order valence-corrected chi connectivity index (χ4v) is 3.98. The zero-order valence-corrected chi connectivity index (χ0v) is 15.7. The van der Waals surface area contributed by atoms with Crippen molar-refractivity contribution in [3.63, 3.8) is 0 Å². The molecule has 2 fully saturated rings. The first-order chi connectivity index (χ1) is 13.8. The quantitative estimate of drug-likeness (QED) is 0.280. The third kappa shape index (κ3) is 2.77. The number of aromatic nitrogens is 2. The van der Waals surface area contributed by atoms with Crippen LogP contribution in [0.4, 0.5) is 5.82 Å². The maximum absolute atomic E-state index is 13.2. The van der Waals surface area contributed by atoms with Gasteiger partial charge in [0.2, 0.25) is 17.7 Å². The van der Waals surface area contributed by atoms with Gasteiger partial charge in [-0.1, -0.05) is 6.08 Å². The summed E-state index contributed by atoms with van der Waals surface area (Å²) < 4.78 is 21.1. The van der Waals surface area contributed by atoms with E-state index in [4.69, 9.17) is 18.9 Å². The van der Waals surface area contributed by atoms with Gasteiger partial charge in [0.05, 0.1) is 25.0 Å². The molecule has 0 aliphatic carbocycles. The third-order valence-electron chi connectivity index (χ3n) is 5.06. The molecule has 1 aromatic rings. The molecule has 0 unspecified atom stereocenters. The molecule has 11 nitrogen and oxygen atoms in total. The number of imide groups is 1. The van der Waals surface area contributed by atoms with Crippen molar-refractivity contribution in [2.24, 2.45) is 11.8 Å². The predicted molar refractivity (Wildman–Crippen MR) is 92.1 cm³/mol. The summed E-state index contributed by atoms with van der Waals surface area (Å²) >= 11 is 0. The summed E-state index contributed by atoms with van der Waals surface area (Å²) in [5, 5.41) is 7.66. The minimum absolute atomic E-state index is 0.0290. The molecule has 2 saturated heterocycles. The Morgan fingerprint density at radius 3 is 2.38 bits per heavy atom. The van der Waals surface area contributed by atoms with Gasteiger partial charge >= 0.3 is 11.9 Å². The Kier molecular flexibility index (Phi) is 4.34. The van der Waals surface area contributed by atoms with E-state index in [1.165, 1.54) is 25.3 Å². The molecule has 11 heteroatoms. The van der Waals surface area contributed by atoms with E-state index >= 15 is 0 Å². The number of fused-ring (bicyclic) bond motifs is 5. The molecule has 3 aliphatic heterocycles. The van der Waals surface area contributed by atoms with Gasteiger partial charge in [-0.15, -0.1) is 10.2 Å². The van der Waals surface area contributed by atoms with E-state index < -0.39 is 53.6 Å². The molecule has 1 aromatic heterocycles. The molecule has 0 radical (unpaired) electrons. The molecule has 29 heavy (non-hydrogen) atoms. The van der Waals surface area contributed by atoms with Crippen LogP contribution in [0, 0.1) is 11.8 Å². The van der Waals surface area contributed by atoms with Crippen LogP contribution in [0.5, 0.6) is 5.88 Å². The van der Waals surface area contributed by atoms with Crippen LogP contribution in [0.2, 0.25) is 0 Å². The fourth-order valence-electron chi connectivity index (χ4n) is 3.98. The van der Waals surface area contributed by atoms with Crippen LogP contribution < -0.4 is 9.64 Å². The van der Waals surface area contributed by atoms with Crippen LogP contribution in [0.1, 0.15) is 13.8 Å². The topological polar surface area (TPSA) is 134 Å². The van der Waals surface area contributed by atoms with Crippen LogP contribution in [0.15, 0.2) is 24.3 Å². The normalized spacial score (nSPS) is 29.4. The van der Waals surface area contributed by atoms with Crippen LogP contribution in [-0.4, -0.2) is 59.1 Å². The number of carbonyl (C=O) groups excluding carboxylic acids is 4. The Hall–Kier alpha value is -3.34.